The van der Waals surface area contributed by atoms with Gasteiger partial charge in [-0.3, -0.25) is 10.2 Å². The second-order valence-corrected chi connectivity index (χ2v) is 12.1. The maximum absolute atomic E-state index is 13.5. The standard InChI is InChI=1S/C19H15F2N5.C19H16FN5.C2H6.4H2/c1-10-5-17-13(9-23-26-17)7-16(10)24-18-11(2)8-22-19(25-18)12-3-4-14(20)15(21)6-12;1-11-7-17-14(10-22-25-17)8-16(11)23-18-12(2)9-21-19(24-18)13-3-5-15(20)6-4-13;1-2;;;;/h3-9H,1-2H3,(H,23,26)(H,22,24,25);3-10H,1-2H3,(H,22,25)(H,21,23,24);1-2H3;4*1H. The van der Waals surface area contributed by atoms with E-state index >= 15 is 0 Å². The molecule has 0 saturated heterocycles. The quantitative estimate of drug-likeness (QED) is 0.133. The van der Waals surface area contributed by atoms with Gasteiger partial charge in [-0.05, 0) is 106 Å². The van der Waals surface area contributed by atoms with E-state index < -0.39 is 11.6 Å². The number of aryl methyl sites for hydroxylation is 4. The Balaban J connectivity index is 0.000000354. The summed E-state index contributed by atoms with van der Waals surface area (Å²) in [5.74, 6) is 0.0871. The highest BCUT2D eigenvalue weighted by molar-refractivity contribution is 5.86. The maximum atomic E-state index is 13.5. The van der Waals surface area contributed by atoms with Crippen LogP contribution in [-0.2, 0) is 0 Å². The summed E-state index contributed by atoms with van der Waals surface area (Å²) in [5, 5.41) is 22.7. The molecule has 0 aliphatic carbocycles. The summed E-state index contributed by atoms with van der Waals surface area (Å²) in [4.78, 5) is 17.7. The van der Waals surface area contributed by atoms with Crippen LogP contribution < -0.4 is 10.6 Å². The first kappa shape index (κ1) is 36.2. The number of aromatic amines is 2. The van der Waals surface area contributed by atoms with Crippen molar-refractivity contribution in [1.29, 1.82) is 0 Å². The van der Waals surface area contributed by atoms with Crippen LogP contribution >= 0.6 is 0 Å². The second-order valence-electron chi connectivity index (χ2n) is 12.1. The minimum atomic E-state index is -0.928. The lowest BCUT2D eigenvalue weighted by Crippen LogP contribution is -2.01. The summed E-state index contributed by atoms with van der Waals surface area (Å²) in [6, 6.07) is 17.8. The first-order valence-electron chi connectivity index (χ1n) is 16.9. The first-order valence-corrected chi connectivity index (χ1v) is 16.9. The van der Waals surface area contributed by atoms with Crippen molar-refractivity contribution >= 4 is 44.8 Å². The second kappa shape index (κ2) is 15.7. The number of hydrogen-bond donors (Lipinski definition) is 4. The monoisotopic (exact) mass is 722 g/mol. The molecule has 0 fully saturated rings. The lowest BCUT2D eigenvalue weighted by molar-refractivity contribution is 0.509. The van der Waals surface area contributed by atoms with Crippen molar-refractivity contribution in [1.82, 2.24) is 40.3 Å². The fourth-order valence-corrected chi connectivity index (χ4v) is 5.37. The van der Waals surface area contributed by atoms with E-state index in [0.29, 0.717) is 23.0 Å². The van der Waals surface area contributed by atoms with E-state index in [1.807, 2.05) is 65.8 Å². The summed E-state index contributed by atoms with van der Waals surface area (Å²) in [5.41, 5.74) is 8.84. The molecule has 0 aliphatic rings. The molecule has 10 nitrogen and oxygen atoms in total. The lowest BCUT2D eigenvalue weighted by atomic mass is 10.1. The predicted octanol–water partition coefficient (Wildman–Crippen LogP) is 11.2. The number of halogens is 3. The Labute approximate surface area is 309 Å². The van der Waals surface area contributed by atoms with E-state index in [1.54, 1.807) is 36.9 Å². The van der Waals surface area contributed by atoms with Crippen LogP contribution in [0, 0.1) is 45.1 Å². The number of H-pyrrole nitrogens is 2. The molecule has 4 aromatic heterocycles. The van der Waals surface area contributed by atoms with Gasteiger partial charge in [-0.15, -0.1) is 0 Å². The van der Waals surface area contributed by atoms with Crippen molar-refractivity contribution in [2.75, 3.05) is 10.6 Å². The van der Waals surface area contributed by atoms with Crippen molar-refractivity contribution in [3.05, 3.63) is 131 Å². The zero-order valence-corrected chi connectivity index (χ0v) is 30.0. The summed E-state index contributed by atoms with van der Waals surface area (Å²) in [6.07, 6.45) is 6.95. The van der Waals surface area contributed by atoms with Crippen molar-refractivity contribution < 1.29 is 18.9 Å². The average Bonchev–Trinajstić information content (AvgIpc) is 3.82. The van der Waals surface area contributed by atoms with Gasteiger partial charge in [0, 0.05) is 62.5 Å². The SMILES string of the molecule is CC.Cc1cc2[nH]ncc2cc1Nc1nc(-c2ccc(F)c(F)c2)ncc1C.Cc1cc2[nH]ncc2cc1Nc1nc(-c2ccc(F)cc2)ncc1C.[HH].[HH].[HH].[HH]. The average molecular weight is 723 g/mol. The highest BCUT2D eigenvalue weighted by Crippen LogP contribution is 2.29. The summed E-state index contributed by atoms with van der Waals surface area (Å²) in [7, 11) is 0. The Morgan fingerprint density at radius 1 is 0.528 bits per heavy atom. The topological polar surface area (TPSA) is 133 Å². The number of fused-ring (bicyclic) bond motifs is 2. The first-order chi connectivity index (χ1) is 25.6. The molecule has 0 radical (unpaired) electrons. The van der Waals surface area contributed by atoms with E-state index in [2.05, 4.69) is 51.0 Å². The number of nitrogens with zero attached hydrogens (tertiary/aromatic N) is 6. The molecule has 53 heavy (non-hydrogen) atoms. The summed E-state index contributed by atoms with van der Waals surface area (Å²) in [6.45, 7) is 11.8. The largest absolute Gasteiger partial charge is 0.340 e. The van der Waals surface area contributed by atoms with Gasteiger partial charge in [0.25, 0.3) is 0 Å². The predicted molar refractivity (Wildman–Crippen MR) is 212 cm³/mol. The van der Waals surface area contributed by atoms with Crippen molar-refractivity contribution in [3.8, 4) is 22.8 Å². The Kier molecular flexibility index (Phi) is 10.7. The van der Waals surface area contributed by atoms with Crippen LogP contribution in [-0.4, -0.2) is 40.3 Å². The summed E-state index contributed by atoms with van der Waals surface area (Å²) >= 11 is 0. The van der Waals surface area contributed by atoms with Gasteiger partial charge in [-0.25, -0.2) is 33.1 Å². The van der Waals surface area contributed by atoms with E-state index in [-0.39, 0.29) is 11.5 Å². The number of nitrogens with one attached hydrogen (secondary N) is 4. The highest BCUT2D eigenvalue weighted by atomic mass is 19.2. The molecule has 0 spiro atoms. The van der Waals surface area contributed by atoms with E-state index in [1.165, 1.54) is 18.2 Å². The molecule has 0 saturated carbocycles. The number of hydrogen-bond acceptors (Lipinski definition) is 8. The fourth-order valence-electron chi connectivity index (χ4n) is 5.37. The van der Waals surface area contributed by atoms with E-state index in [0.717, 1.165) is 78.9 Å². The molecular formula is C40H45F3N10. The number of rotatable bonds is 6. The van der Waals surface area contributed by atoms with Crippen LogP contribution in [0.3, 0.4) is 0 Å². The van der Waals surface area contributed by atoms with Crippen LogP contribution in [0.5, 0.6) is 0 Å². The number of aromatic nitrogens is 8. The van der Waals surface area contributed by atoms with Gasteiger partial charge in [0.1, 0.15) is 17.5 Å². The van der Waals surface area contributed by atoms with Crippen molar-refractivity contribution in [2.24, 2.45) is 0 Å². The fraction of sp³-hybridized carbons (Fsp3) is 0.150. The Hall–Kier alpha value is -6.63. The smallest absolute Gasteiger partial charge is 0.161 e. The molecule has 0 bridgehead atoms. The van der Waals surface area contributed by atoms with Crippen LogP contribution in [0.2, 0.25) is 0 Å². The van der Waals surface area contributed by atoms with Crippen molar-refractivity contribution in [3.63, 3.8) is 0 Å². The maximum Gasteiger partial charge on any atom is 0.161 e. The zero-order chi connectivity index (χ0) is 37.6. The molecule has 4 heterocycles. The molecule has 0 aliphatic heterocycles. The molecular weight excluding hydrogens is 678 g/mol. The molecule has 4 aromatic carbocycles. The molecule has 0 amide bonds. The third-order valence-corrected chi connectivity index (χ3v) is 8.30. The molecule has 0 unspecified atom stereocenters. The highest BCUT2D eigenvalue weighted by Gasteiger charge is 2.12. The number of anilines is 4. The van der Waals surface area contributed by atoms with Gasteiger partial charge in [-0.2, -0.15) is 10.2 Å². The van der Waals surface area contributed by atoms with Gasteiger partial charge in [-0.1, -0.05) is 13.8 Å². The van der Waals surface area contributed by atoms with Gasteiger partial charge >= 0.3 is 0 Å². The molecule has 0 atom stereocenters. The minimum absolute atomic E-state index is 0. The van der Waals surface area contributed by atoms with Crippen LogP contribution in [0.4, 0.5) is 36.2 Å². The van der Waals surface area contributed by atoms with Gasteiger partial charge in [0.2, 0.25) is 0 Å². The Morgan fingerprint density at radius 3 is 1.49 bits per heavy atom. The number of benzene rings is 4. The zero-order valence-electron chi connectivity index (χ0n) is 30.0. The minimum Gasteiger partial charge on any atom is -0.340 e. The third kappa shape index (κ3) is 8.14. The molecule has 8 rings (SSSR count). The summed E-state index contributed by atoms with van der Waals surface area (Å²) < 4.78 is 39.8. The molecule has 276 valence electrons. The normalized spacial score (nSPS) is 10.7. The van der Waals surface area contributed by atoms with Gasteiger partial charge in [0.05, 0.1) is 23.4 Å². The van der Waals surface area contributed by atoms with Crippen molar-refractivity contribution in [2.45, 2.75) is 41.5 Å². The Morgan fingerprint density at radius 2 is 1.00 bits per heavy atom. The van der Waals surface area contributed by atoms with Gasteiger partial charge in [0.15, 0.2) is 23.3 Å². The van der Waals surface area contributed by atoms with Crippen LogP contribution in [0.15, 0.2) is 91.5 Å². The third-order valence-electron chi connectivity index (χ3n) is 8.30. The Bertz CT molecular complexity index is 2550. The molecule has 4 N–H and O–H groups in total. The molecule has 8 aromatic rings. The van der Waals surface area contributed by atoms with Crippen LogP contribution in [0.1, 0.15) is 41.8 Å². The van der Waals surface area contributed by atoms with E-state index in [4.69, 9.17) is 0 Å². The molecule has 13 heteroatoms. The lowest BCUT2D eigenvalue weighted by Gasteiger charge is -2.12. The van der Waals surface area contributed by atoms with Crippen LogP contribution in [0.25, 0.3) is 44.6 Å². The van der Waals surface area contributed by atoms with Gasteiger partial charge < -0.3 is 10.6 Å². The van der Waals surface area contributed by atoms with E-state index in [9.17, 15) is 13.2 Å².